The molecule has 0 radical (unpaired) electrons. The number of benzene rings is 1. The number of hydrogen-bond donors (Lipinski definition) is 0. The first kappa shape index (κ1) is 22.3. The Morgan fingerprint density at radius 2 is 1.85 bits per heavy atom. The molecule has 1 aromatic carbocycles. The summed E-state index contributed by atoms with van der Waals surface area (Å²) in [5.41, 5.74) is 8.36. The molecule has 1 aromatic rings. The lowest BCUT2D eigenvalue weighted by atomic mass is 9.53. The number of allylic oxidation sites excluding steroid dienone is 4. The number of hydrogen-bond acceptors (Lipinski definition) is 3. The first-order valence-corrected chi connectivity index (χ1v) is 13.4. The van der Waals surface area contributed by atoms with Gasteiger partial charge in [-0.2, -0.15) is 0 Å². The monoisotopic (exact) mass is 457 g/mol. The molecule has 1 unspecified atom stereocenters. The molecule has 34 heavy (non-hydrogen) atoms. The van der Waals surface area contributed by atoms with Crippen LogP contribution in [0, 0.1) is 17.3 Å². The van der Waals surface area contributed by atoms with Crippen molar-refractivity contribution in [2.24, 2.45) is 17.3 Å². The maximum atomic E-state index is 13.2. The van der Waals surface area contributed by atoms with Crippen LogP contribution in [0.15, 0.2) is 59.2 Å². The summed E-state index contributed by atoms with van der Waals surface area (Å²) in [6.45, 7) is 7.95. The number of rotatable bonds is 2. The minimum absolute atomic E-state index is 0.0362. The topological polar surface area (TPSA) is 29.5 Å². The summed E-state index contributed by atoms with van der Waals surface area (Å²) < 4.78 is 6.64. The quantitative estimate of drug-likeness (QED) is 0.460. The predicted molar refractivity (Wildman–Crippen MR) is 138 cm³/mol. The van der Waals surface area contributed by atoms with E-state index in [1.807, 2.05) is 6.08 Å². The standard InChI is InChI=1S/C31H39NO2/c1-20-6-5-17-34-31(20)16-14-28-25-12-9-22-18-29(33)27(21-7-10-23(11-8-21)32(3)4)19-26(22)24(25)13-15-30(28,31)2/h7-8,10-11,18,25,27-28H,1,5-6,9,12-17,19H2,2-4H3/t25-,27?,28+,30+,31+/m1/s1. The van der Waals surface area contributed by atoms with Crippen molar-refractivity contribution in [3.8, 4) is 0 Å². The Kier molecular flexibility index (Phi) is 5.22. The molecule has 0 aromatic heterocycles. The fourth-order valence-corrected chi connectivity index (χ4v) is 8.47. The second-order valence-electron chi connectivity index (χ2n) is 11.9. The highest BCUT2D eigenvalue weighted by Crippen LogP contribution is 2.67. The fourth-order valence-electron chi connectivity index (χ4n) is 8.47. The molecular weight excluding hydrogens is 418 g/mol. The summed E-state index contributed by atoms with van der Waals surface area (Å²) in [6, 6.07) is 8.61. The van der Waals surface area contributed by atoms with Gasteiger partial charge in [-0.3, -0.25) is 4.79 Å². The van der Waals surface area contributed by atoms with E-state index >= 15 is 0 Å². The van der Waals surface area contributed by atoms with E-state index in [-0.39, 0.29) is 16.9 Å². The lowest BCUT2D eigenvalue weighted by Crippen LogP contribution is -2.53. The molecule has 4 aliphatic carbocycles. The van der Waals surface area contributed by atoms with Gasteiger partial charge in [0.2, 0.25) is 0 Å². The van der Waals surface area contributed by atoms with Crippen molar-refractivity contribution in [2.45, 2.75) is 76.2 Å². The molecule has 0 amide bonds. The Morgan fingerprint density at radius 3 is 2.59 bits per heavy atom. The van der Waals surface area contributed by atoms with Crippen LogP contribution in [0.4, 0.5) is 5.69 Å². The lowest BCUT2D eigenvalue weighted by molar-refractivity contribution is -0.126. The van der Waals surface area contributed by atoms with Gasteiger partial charge in [-0.1, -0.05) is 31.2 Å². The number of ether oxygens (including phenoxy) is 1. The second-order valence-corrected chi connectivity index (χ2v) is 11.9. The smallest absolute Gasteiger partial charge is 0.163 e. The third kappa shape index (κ3) is 3.08. The number of nitrogens with zero attached hydrogens (tertiary/aromatic N) is 1. The molecule has 5 aliphatic rings. The zero-order valence-corrected chi connectivity index (χ0v) is 21.2. The van der Waals surface area contributed by atoms with Crippen molar-refractivity contribution < 1.29 is 9.53 Å². The fraction of sp³-hybridized carbons (Fsp3) is 0.581. The van der Waals surface area contributed by atoms with Crippen LogP contribution in [0.3, 0.4) is 0 Å². The van der Waals surface area contributed by atoms with E-state index in [1.165, 1.54) is 41.7 Å². The van der Waals surface area contributed by atoms with E-state index in [0.717, 1.165) is 50.7 Å². The van der Waals surface area contributed by atoms with Gasteiger partial charge in [-0.25, -0.2) is 0 Å². The SMILES string of the molecule is C=C1CCCO[C@@]12CC[C@H]1[C@@H]3CCC4=CC(=O)C(c5ccc(N(C)C)cc5)CC4=C3CC[C@@]12C. The van der Waals surface area contributed by atoms with Gasteiger partial charge in [0.25, 0.3) is 0 Å². The first-order valence-electron chi connectivity index (χ1n) is 13.4. The first-order chi connectivity index (χ1) is 16.3. The van der Waals surface area contributed by atoms with E-state index in [0.29, 0.717) is 17.6 Å². The van der Waals surface area contributed by atoms with Gasteiger partial charge in [0.15, 0.2) is 5.78 Å². The van der Waals surface area contributed by atoms with Crippen LogP contribution in [-0.2, 0) is 9.53 Å². The van der Waals surface area contributed by atoms with Crippen molar-refractivity contribution in [3.63, 3.8) is 0 Å². The third-order valence-corrected chi connectivity index (χ3v) is 10.3. The molecular formula is C31H39NO2. The molecule has 2 saturated carbocycles. The summed E-state index contributed by atoms with van der Waals surface area (Å²) in [6.07, 6.45) is 12.1. The van der Waals surface area contributed by atoms with Crippen LogP contribution in [-0.4, -0.2) is 32.1 Å². The van der Waals surface area contributed by atoms with Crippen LogP contribution in [0.1, 0.15) is 76.2 Å². The molecule has 180 valence electrons. The Hall–Kier alpha value is -2.13. The summed E-state index contributed by atoms with van der Waals surface area (Å²) in [7, 11) is 4.12. The molecule has 5 atom stereocenters. The largest absolute Gasteiger partial charge is 0.378 e. The number of fused-ring (bicyclic) bond motifs is 5. The molecule has 0 bridgehead atoms. The Balaban J connectivity index is 1.33. The van der Waals surface area contributed by atoms with Crippen molar-refractivity contribution >= 4 is 11.5 Å². The summed E-state index contributed by atoms with van der Waals surface area (Å²) in [4.78, 5) is 15.3. The minimum atomic E-state index is -0.0958. The number of anilines is 1. The maximum Gasteiger partial charge on any atom is 0.163 e. The normalized spacial score (nSPS) is 37.3. The number of carbonyl (C=O) groups is 1. The van der Waals surface area contributed by atoms with Gasteiger partial charge in [0.1, 0.15) is 0 Å². The minimum Gasteiger partial charge on any atom is -0.378 e. The van der Waals surface area contributed by atoms with Crippen molar-refractivity contribution in [1.29, 1.82) is 0 Å². The predicted octanol–water partition coefficient (Wildman–Crippen LogP) is 6.76. The van der Waals surface area contributed by atoms with Crippen LogP contribution in [0.2, 0.25) is 0 Å². The van der Waals surface area contributed by atoms with E-state index in [9.17, 15) is 4.79 Å². The molecule has 3 nitrogen and oxygen atoms in total. The summed E-state index contributed by atoms with van der Waals surface area (Å²) >= 11 is 0. The van der Waals surface area contributed by atoms with E-state index in [1.54, 1.807) is 5.57 Å². The molecule has 1 saturated heterocycles. The maximum absolute atomic E-state index is 13.2. The van der Waals surface area contributed by atoms with Crippen molar-refractivity contribution in [3.05, 3.63) is 64.8 Å². The van der Waals surface area contributed by atoms with Gasteiger partial charge in [-0.15, -0.1) is 0 Å². The summed E-state index contributed by atoms with van der Waals surface area (Å²) in [5.74, 6) is 1.58. The van der Waals surface area contributed by atoms with Crippen LogP contribution < -0.4 is 4.90 Å². The number of ketones is 1. The highest BCUT2D eigenvalue weighted by Gasteiger charge is 2.63. The van der Waals surface area contributed by atoms with E-state index < -0.39 is 0 Å². The van der Waals surface area contributed by atoms with Crippen LogP contribution >= 0.6 is 0 Å². The average Bonchev–Trinajstić information content (AvgIpc) is 3.13. The van der Waals surface area contributed by atoms with E-state index in [4.69, 9.17) is 4.74 Å². The molecule has 0 N–H and O–H groups in total. The Morgan fingerprint density at radius 1 is 1.06 bits per heavy atom. The lowest BCUT2D eigenvalue weighted by Gasteiger charge is -2.55. The number of carbonyl (C=O) groups excluding carboxylic acids is 1. The zero-order valence-electron chi connectivity index (χ0n) is 21.2. The molecule has 1 heterocycles. The molecule has 1 aliphatic heterocycles. The van der Waals surface area contributed by atoms with Gasteiger partial charge >= 0.3 is 0 Å². The van der Waals surface area contributed by atoms with Crippen molar-refractivity contribution in [2.75, 3.05) is 25.6 Å². The van der Waals surface area contributed by atoms with Crippen LogP contribution in [0.25, 0.3) is 0 Å². The Bertz CT molecular complexity index is 1090. The molecule has 3 fully saturated rings. The van der Waals surface area contributed by atoms with Gasteiger partial charge in [0, 0.05) is 31.8 Å². The van der Waals surface area contributed by atoms with E-state index in [2.05, 4.69) is 56.8 Å². The molecule has 1 spiro atoms. The average molecular weight is 458 g/mol. The molecule has 6 rings (SSSR count). The van der Waals surface area contributed by atoms with Gasteiger partial charge in [0.05, 0.1) is 11.5 Å². The summed E-state index contributed by atoms with van der Waals surface area (Å²) in [5, 5.41) is 0. The Labute approximate surface area is 204 Å². The zero-order chi connectivity index (χ0) is 23.7. The highest BCUT2D eigenvalue weighted by molar-refractivity contribution is 5.98. The third-order valence-electron chi connectivity index (χ3n) is 10.3. The van der Waals surface area contributed by atoms with Gasteiger partial charge in [-0.05, 0) is 110 Å². The van der Waals surface area contributed by atoms with Gasteiger partial charge < -0.3 is 9.64 Å². The molecule has 3 heteroatoms. The van der Waals surface area contributed by atoms with Crippen LogP contribution in [0.5, 0.6) is 0 Å². The van der Waals surface area contributed by atoms with Crippen molar-refractivity contribution in [1.82, 2.24) is 0 Å². The second kappa shape index (κ2) is 7.95. The highest BCUT2D eigenvalue weighted by atomic mass is 16.5.